The molecule has 0 aliphatic carbocycles. The molecular weight excluding hydrogens is 284 g/mol. The number of piperazine rings is 1. The van der Waals surface area contributed by atoms with E-state index in [4.69, 9.17) is 0 Å². The molecule has 1 fully saturated rings. The van der Waals surface area contributed by atoms with E-state index in [1.54, 1.807) is 0 Å². The Bertz CT molecular complexity index is 752. The highest BCUT2D eigenvalue weighted by Gasteiger charge is 2.21. The van der Waals surface area contributed by atoms with E-state index in [9.17, 15) is 5.26 Å². The van der Waals surface area contributed by atoms with Gasteiger partial charge in [-0.15, -0.1) is 0 Å². The third kappa shape index (κ3) is 3.14. The van der Waals surface area contributed by atoms with Gasteiger partial charge in [-0.25, -0.2) is 4.98 Å². The lowest BCUT2D eigenvalue weighted by Gasteiger charge is -2.37. The second-order valence-corrected chi connectivity index (χ2v) is 6.20. The molecule has 1 aromatic heterocycles. The zero-order valence-electron chi connectivity index (χ0n) is 14.0. The Balaban J connectivity index is 1.78. The molecule has 118 valence electrons. The van der Waals surface area contributed by atoms with Crippen molar-refractivity contribution in [1.29, 1.82) is 5.26 Å². The number of benzene rings is 1. The van der Waals surface area contributed by atoms with Crippen molar-refractivity contribution >= 4 is 11.5 Å². The van der Waals surface area contributed by atoms with Crippen molar-refractivity contribution in [2.45, 2.75) is 20.8 Å². The van der Waals surface area contributed by atoms with Crippen LogP contribution in [0.5, 0.6) is 0 Å². The second-order valence-electron chi connectivity index (χ2n) is 6.20. The third-order valence-corrected chi connectivity index (χ3v) is 4.42. The molecule has 1 aliphatic heterocycles. The number of rotatable bonds is 2. The maximum Gasteiger partial charge on any atom is 0.146 e. The van der Waals surface area contributed by atoms with Crippen LogP contribution in [0.3, 0.4) is 0 Å². The van der Waals surface area contributed by atoms with Gasteiger partial charge in [0.05, 0.1) is 5.56 Å². The fourth-order valence-corrected chi connectivity index (χ4v) is 3.09. The Labute approximate surface area is 138 Å². The Morgan fingerprint density at radius 2 is 1.65 bits per heavy atom. The molecule has 0 bridgehead atoms. The number of aromatic nitrogens is 1. The summed E-state index contributed by atoms with van der Waals surface area (Å²) in [4.78, 5) is 9.24. The lowest BCUT2D eigenvalue weighted by molar-refractivity contribution is 0.645. The maximum atomic E-state index is 9.31. The second kappa shape index (κ2) is 6.29. The summed E-state index contributed by atoms with van der Waals surface area (Å²) in [5.74, 6) is 0.827. The maximum absolute atomic E-state index is 9.31. The van der Waals surface area contributed by atoms with E-state index < -0.39 is 0 Å². The van der Waals surface area contributed by atoms with Gasteiger partial charge in [0.1, 0.15) is 11.9 Å². The molecule has 0 spiro atoms. The molecule has 2 aromatic rings. The molecule has 0 amide bonds. The zero-order chi connectivity index (χ0) is 16.4. The van der Waals surface area contributed by atoms with Crippen molar-refractivity contribution in [1.82, 2.24) is 4.98 Å². The average Bonchev–Trinajstić information content (AvgIpc) is 2.57. The highest BCUT2D eigenvalue weighted by molar-refractivity contribution is 5.58. The normalized spacial score (nSPS) is 14.7. The van der Waals surface area contributed by atoms with E-state index in [1.807, 2.05) is 19.1 Å². The van der Waals surface area contributed by atoms with Gasteiger partial charge in [-0.05, 0) is 50.1 Å². The minimum atomic E-state index is 0.663. The predicted molar refractivity (Wildman–Crippen MR) is 94.0 cm³/mol. The minimum absolute atomic E-state index is 0.663. The van der Waals surface area contributed by atoms with Crippen LogP contribution in [-0.2, 0) is 0 Å². The van der Waals surface area contributed by atoms with E-state index in [1.165, 1.54) is 16.8 Å². The summed E-state index contributed by atoms with van der Waals surface area (Å²) in [6.45, 7) is 9.94. The minimum Gasteiger partial charge on any atom is -0.368 e. The first-order valence-corrected chi connectivity index (χ1v) is 8.03. The van der Waals surface area contributed by atoms with Gasteiger partial charge in [0.2, 0.25) is 0 Å². The van der Waals surface area contributed by atoms with Crippen molar-refractivity contribution in [3.63, 3.8) is 0 Å². The number of nitriles is 1. The topological polar surface area (TPSA) is 43.2 Å². The molecule has 0 unspecified atom stereocenters. The highest BCUT2D eigenvalue weighted by Crippen LogP contribution is 2.25. The monoisotopic (exact) mass is 306 g/mol. The van der Waals surface area contributed by atoms with Crippen LogP contribution in [0.4, 0.5) is 11.5 Å². The number of hydrogen-bond donors (Lipinski definition) is 0. The SMILES string of the molecule is Cc1ccc(C)c(N2CCN(c3nc(C)ccc3C#N)CC2)c1. The van der Waals surface area contributed by atoms with Crippen LogP contribution in [0.25, 0.3) is 0 Å². The van der Waals surface area contributed by atoms with E-state index in [-0.39, 0.29) is 0 Å². The lowest BCUT2D eigenvalue weighted by atomic mass is 10.1. The standard InChI is InChI=1S/C19H22N4/c1-14-4-5-15(2)18(12-14)22-8-10-23(11-9-22)19-17(13-20)7-6-16(3)21-19/h4-7,12H,8-11H2,1-3H3. The van der Waals surface area contributed by atoms with Crippen molar-refractivity contribution in [3.8, 4) is 6.07 Å². The summed E-state index contributed by atoms with van der Waals surface area (Å²) in [6.07, 6.45) is 0. The van der Waals surface area contributed by atoms with Crippen LogP contribution in [0.15, 0.2) is 30.3 Å². The first-order chi connectivity index (χ1) is 11.1. The van der Waals surface area contributed by atoms with Crippen LogP contribution < -0.4 is 9.80 Å². The van der Waals surface area contributed by atoms with Gasteiger partial charge in [-0.3, -0.25) is 0 Å². The molecule has 4 heteroatoms. The van der Waals surface area contributed by atoms with E-state index in [0.29, 0.717) is 5.56 Å². The van der Waals surface area contributed by atoms with Crippen LogP contribution in [-0.4, -0.2) is 31.2 Å². The van der Waals surface area contributed by atoms with Crippen LogP contribution in [0.1, 0.15) is 22.4 Å². The molecule has 1 aromatic carbocycles. The molecule has 1 saturated heterocycles. The van der Waals surface area contributed by atoms with Crippen molar-refractivity contribution in [2.75, 3.05) is 36.0 Å². The van der Waals surface area contributed by atoms with Crippen molar-refractivity contribution in [3.05, 3.63) is 52.7 Å². The van der Waals surface area contributed by atoms with Crippen LogP contribution >= 0.6 is 0 Å². The number of pyridine rings is 1. The molecule has 0 radical (unpaired) electrons. The highest BCUT2D eigenvalue weighted by atomic mass is 15.3. The predicted octanol–water partition coefficient (Wildman–Crippen LogP) is 3.21. The van der Waals surface area contributed by atoms with Gasteiger partial charge >= 0.3 is 0 Å². The van der Waals surface area contributed by atoms with Gasteiger partial charge < -0.3 is 9.80 Å². The van der Waals surface area contributed by atoms with Gasteiger partial charge in [-0.1, -0.05) is 12.1 Å². The summed E-state index contributed by atoms with van der Waals surface area (Å²) in [5.41, 5.74) is 5.55. The number of hydrogen-bond acceptors (Lipinski definition) is 4. The molecule has 1 aliphatic rings. The van der Waals surface area contributed by atoms with Gasteiger partial charge in [-0.2, -0.15) is 5.26 Å². The number of aryl methyl sites for hydroxylation is 3. The molecule has 0 saturated carbocycles. The van der Waals surface area contributed by atoms with Gasteiger partial charge in [0.15, 0.2) is 0 Å². The van der Waals surface area contributed by atoms with Gasteiger partial charge in [0.25, 0.3) is 0 Å². The summed E-state index contributed by atoms with van der Waals surface area (Å²) in [5, 5.41) is 9.31. The molecular formula is C19H22N4. The average molecular weight is 306 g/mol. The fourth-order valence-electron chi connectivity index (χ4n) is 3.09. The summed E-state index contributed by atoms with van der Waals surface area (Å²) < 4.78 is 0. The Hall–Kier alpha value is -2.54. The molecule has 2 heterocycles. The van der Waals surface area contributed by atoms with E-state index >= 15 is 0 Å². The van der Waals surface area contributed by atoms with E-state index in [2.05, 4.69) is 52.9 Å². The quantitative estimate of drug-likeness (QED) is 0.854. The van der Waals surface area contributed by atoms with Crippen LogP contribution in [0, 0.1) is 32.1 Å². The Morgan fingerprint density at radius 1 is 0.957 bits per heavy atom. The molecule has 3 rings (SSSR count). The lowest BCUT2D eigenvalue weighted by Crippen LogP contribution is -2.47. The third-order valence-electron chi connectivity index (χ3n) is 4.42. The molecule has 23 heavy (non-hydrogen) atoms. The summed E-state index contributed by atoms with van der Waals surface area (Å²) >= 11 is 0. The number of nitrogens with zero attached hydrogens (tertiary/aromatic N) is 4. The van der Waals surface area contributed by atoms with Crippen LogP contribution in [0.2, 0.25) is 0 Å². The Morgan fingerprint density at radius 3 is 2.35 bits per heavy atom. The molecule has 0 atom stereocenters. The number of anilines is 2. The smallest absolute Gasteiger partial charge is 0.146 e. The largest absolute Gasteiger partial charge is 0.368 e. The zero-order valence-corrected chi connectivity index (χ0v) is 14.0. The molecule has 0 N–H and O–H groups in total. The van der Waals surface area contributed by atoms with Gasteiger partial charge in [0, 0.05) is 37.6 Å². The first-order valence-electron chi connectivity index (χ1n) is 8.03. The van der Waals surface area contributed by atoms with Crippen molar-refractivity contribution in [2.24, 2.45) is 0 Å². The first kappa shape index (κ1) is 15.4. The summed E-state index contributed by atoms with van der Waals surface area (Å²) in [6, 6.07) is 12.6. The van der Waals surface area contributed by atoms with E-state index in [0.717, 1.165) is 37.7 Å². The Kier molecular flexibility index (Phi) is 4.20. The fraction of sp³-hybridized carbons (Fsp3) is 0.368. The van der Waals surface area contributed by atoms with Crippen molar-refractivity contribution < 1.29 is 0 Å². The molecule has 4 nitrogen and oxygen atoms in total. The summed E-state index contributed by atoms with van der Waals surface area (Å²) in [7, 11) is 0.